The van der Waals surface area contributed by atoms with Crippen LogP contribution in [0.2, 0.25) is 0 Å². The van der Waals surface area contributed by atoms with Crippen molar-refractivity contribution < 1.29 is 9.59 Å². The number of rotatable bonds is 2. The van der Waals surface area contributed by atoms with Crippen LogP contribution in [0.1, 0.15) is 12.0 Å². The largest absolute Gasteiger partial charge is 0.359 e. The highest BCUT2D eigenvalue weighted by molar-refractivity contribution is 6.14. The van der Waals surface area contributed by atoms with Gasteiger partial charge in [0, 0.05) is 12.6 Å². The summed E-state index contributed by atoms with van der Waals surface area (Å²) < 4.78 is 0. The van der Waals surface area contributed by atoms with E-state index in [-0.39, 0.29) is 18.2 Å². The van der Waals surface area contributed by atoms with Gasteiger partial charge in [0.15, 0.2) is 5.84 Å². The minimum Gasteiger partial charge on any atom is -0.359 e. The molecule has 2 heterocycles. The van der Waals surface area contributed by atoms with Gasteiger partial charge in [-0.15, -0.1) is 0 Å². The lowest BCUT2D eigenvalue weighted by atomic mass is 10.1. The summed E-state index contributed by atoms with van der Waals surface area (Å²) in [6.45, 7) is 0. The standard InChI is InChI=1S/C13H13N5O2/c1-14-11(19)6-10-13(20)17-16-12-8-4-2-3-5-9(8)15-7-18(10)12/h2-5,7,10H,6H2,1H3,(H,14,19)(H,17,20). The number of para-hydroxylation sites is 1. The van der Waals surface area contributed by atoms with Crippen molar-refractivity contribution in [3.05, 3.63) is 29.8 Å². The first-order valence-electron chi connectivity index (χ1n) is 6.21. The van der Waals surface area contributed by atoms with Crippen LogP contribution in [0, 0.1) is 0 Å². The van der Waals surface area contributed by atoms with Crippen molar-refractivity contribution in [2.45, 2.75) is 12.5 Å². The zero-order chi connectivity index (χ0) is 14.1. The molecule has 0 fully saturated rings. The maximum atomic E-state index is 11.9. The van der Waals surface area contributed by atoms with Gasteiger partial charge in [-0.2, -0.15) is 5.10 Å². The summed E-state index contributed by atoms with van der Waals surface area (Å²) in [5, 5.41) is 6.59. The van der Waals surface area contributed by atoms with E-state index in [1.165, 1.54) is 7.05 Å². The molecule has 102 valence electrons. The van der Waals surface area contributed by atoms with Crippen LogP contribution < -0.4 is 10.7 Å². The molecule has 7 heteroatoms. The fraction of sp³-hybridized carbons (Fsp3) is 0.231. The highest BCUT2D eigenvalue weighted by atomic mass is 16.2. The van der Waals surface area contributed by atoms with Gasteiger partial charge in [-0.1, -0.05) is 12.1 Å². The van der Waals surface area contributed by atoms with Crippen molar-refractivity contribution in [1.29, 1.82) is 0 Å². The summed E-state index contributed by atoms with van der Waals surface area (Å²) in [7, 11) is 1.54. The van der Waals surface area contributed by atoms with Crippen molar-refractivity contribution in [2.24, 2.45) is 10.1 Å². The van der Waals surface area contributed by atoms with E-state index in [4.69, 9.17) is 0 Å². The maximum absolute atomic E-state index is 11.9. The first kappa shape index (κ1) is 12.3. The summed E-state index contributed by atoms with van der Waals surface area (Å²) in [5.74, 6) is 0.0749. The Morgan fingerprint density at radius 2 is 2.25 bits per heavy atom. The summed E-state index contributed by atoms with van der Waals surface area (Å²) in [5.41, 5.74) is 4.09. The minimum absolute atomic E-state index is 0.0511. The SMILES string of the molecule is CNC(=O)CC1C(=O)NN=C2c3ccccc3N=CN21. The lowest BCUT2D eigenvalue weighted by molar-refractivity contribution is -0.129. The third-order valence-corrected chi connectivity index (χ3v) is 3.28. The van der Waals surface area contributed by atoms with Crippen LogP contribution in [-0.2, 0) is 9.59 Å². The Kier molecular flexibility index (Phi) is 2.94. The first-order valence-corrected chi connectivity index (χ1v) is 6.21. The molecule has 2 aliphatic heterocycles. The molecular formula is C13H13N5O2. The number of amidine groups is 1. The molecule has 1 aromatic rings. The van der Waals surface area contributed by atoms with E-state index in [2.05, 4.69) is 20.8 Å². The van der Waals surface area contributed by atoms with Gasteiger partial charge in [0.1, 0.15) is 6.04 Å². The van der Waals surface area contributed by atoms with Gasteiger partial charge < -0.3 is 10.2 Å². The van der Waals surface area contributed by atoms with Crippen molar-refractivity contribution in [2.75, 3.05) is 7.05 Å². The van der Waals surface area contributed by atoms with Gasteiger partial charge in [-0.25, -0.2) is 10.4 Å². The van der Waals surface area contributed by atoms with Crippen LogP contribution in [0.3, 0.4) is 0 Å². The summed E-state index contributed by atoms with van der Waals surface area (Å²) in [4.78, 5) is 29.4. The Hall–Kier alpha value is -2.70. The number of aliphatic imine (C=N–C) groups is 1. The van der Waals surface area contributed by atoms with Crippen molar-refractivity contribution in [1.82, 2.24) is 15.6 Å². The van der Waals surface area contributed by atoms with E-state index >= 15 is 0 Å². The van der Waals surface area contributed by atoms with Gasteiger partial charge in [0.2, 0.25) is 5.91 Å². The molecule has 1 unspecified atom stereocenters. The second-order valence-corrected chi connectivity index (χ2v) is 4.47. The van der Waals surface area contributed by atoms with Gasteiger partial charge >= 0.3 is 0 Å². The Balaban J connectivity index is 1.98. The molecule has 2 N–H and O–H groups in total. The number of fused-ring (bicyclic) bond motifs is 3. The number of hydrazone groups is 1. The van der Waals surface area contributed by atoms with E-state index in [9.17, 15) is 9.59 Å². The number of hydrogen-bond donors (Lipinski definition) is 2. The number of benzene rings is 1. The van der Waals surface area contributed by atoms with Crippen LogP contribution in [0.15, 0.2) is 34.4 Å². The van der Waals surface area contributed by atoms with E-state index < -0.39 is 6.04 Å². The van der Waals surface area contributed by atoms with Gasteiger partial charge in [-0.3, -0.25) is 9.59 Å². The number of amides is 2. The van der Waals surface area contributed by atoms with E-state index in [1.807, 2.05) is 24.3 Å². The van der Waals surface area contributed by atoms with E-state index in [0.717, 1.165) is 11.3 Å². The monoisotopic (exact) mass is 271 g/mol. The number of carbonyl (C=O) groups is 2. The fourth-order valence-corrected chi connectivity index (χ4v) is 2.22. The molecule has 0 radical (unpaired) electrons. The number of hydrogen-bond acceptors (Lipinski definition) is 5. The molecule has 1 aromatic carbocycles. The lowest BCUT2D eigenvalue weighted by Crippen LogP contribution is -2.55. The molecule has 2 amide bonds. The molecule has 0 aliphatic carbocycles. The average molecular weight is 271 g/mol. The zero-order valence-electron chi connectivity index (χ0n) is 10.8. The van der Waals surface area contributed by atoms with E-state index in [0.29, 0.717) is 5.84 Å². The third-order valence-electron chi connectivity index (χ3n) is 3.28. The highest BCUT2D eigenvalue weighted by Crippen LogP contribution is 2.27. The Bertz CT molecular complexity index is 637. The second kappa shape index (κ2) is 4.76. The fourth-order valence-electron chi connectivity index (χ4n) is 2.22. The molecule has 7 nitrogen and oxygen atoms in total. The smallest absolute Gasteiger partial charge is 0.263 e. The van der Waals surface area contributed by atoms with E-state index in [1.54, 1.807) is 11.2 Å². The lowest BCUT2D eigenvalue weighted by Gasteiger charge is -2.34. The zero-order valence-corrected chi connectivity index (χ0v) is 10.8. The third kappa shape index (κ3) is 1.93. The van der Waals surface area contributed by atoms with Gasteiger partial charge in [0.25, 0.3) is 5.91 Å². The number of nitrogens with zero attached hydrogens (tertiary/aromatic N) is 3. The van der Waals surface area contributed by atoms with Crippen LogP contribution in [0.25, 0.3) is 0 Å². The van der Waals surface area contributed by atoms with Gasteiger partial charge in [-0.05, 0) is 12.1 Å². The molecule has 3 rings (SSSR count). The van der Waals surface area contributed by atoms with Crippen LogP contribution >= 0.6 is 0 Å². The number of carbonyl (C=O) groups excluding carboxylic acids is 2. The summed E-state index contributed by atoms with van der Waals surface area (Å²) in [6.07, 6.45) is 1.60. The quantitative estimate of drug-likeness (QED) is 0.791. The first-order chi connectivity index (χ1) is 9.70. The molecule has 0 saturated carbocycles. The topological polar surface area (TPSA) is 86.2 Å². The molecule has 0 saturated heterocycles. The van der Waals surface area contributed by atoms with Crippen molar-refractivity contribution in [3.63, 3.8) is 0 Å². The highest BCUT2D eigenvalue weighted by Gasteiger charge is 2.36. The summed E-state index contributed by atoms with van der Waals surface area (Å²) >= 11 is 0. The molecule has 0 spiro atoms. The second-order valence-electron chi connectivity index (χ2n) is 4.47. The predicted octanol–water partition coefficient (Wildman–Crippen LogP) is -0.0419. The Labute approximate surface area is 115 Å². The normalized spacial score (nSPS) is 19.6. The number of nitrogens with one attached hydrogen (secondary N) is 2. The predicted molar refractivity (Wildman–Crippen MR) is 73.6 cm³/mol. The molecule has 0 aromatic heterocycles. The minimum atomic E-state index is -0.639. The van der Waals surface area contributed by atoms with Gasteiger partial charge in [0.05, 0.1) is 18.4 Å². The molecule has 20 heavy (non-hydrogen) atoms. The Morgan fingerprint density at radius 3 is 3.05 bits per heavy atom. The molecular weight excluding hydrogens is 258 g/mol. The average Bonchev–Trinajstić information content (AvgIpc) is 2.49. The molecule has 0 bridgehead atoms. The van der Waals surface area contributed by atoms with Crippen LogP contribution in [-0.4, -0.2) is 42.0 Å². The van der Waals surface area contributed by atoms with Crippen LogP contribution in [0.5, 0.6) is 0 Å². The molecule has 1 atom stereocenters. The maximum Gasteiger partial charge on any atom is 0.263 e. The summed E-state index contributed by atoms with van der Waals surface area (Å²) in [6, 6.07) is 6.88. The van der Waals surface area contributed by atoms with Crippen molar-refractivity contribution >= 4 is 29.7 Å². The van der Waals surface area contributed by atoms with Crippen molar-refractivity contribution in [3.8, 4) is 0 Å². The van der Waals surface area contributed by atoms with Crippen LogP contribution in [0.4, 0.5) is 5.69 Å². The Morgan fingerprint density at radius 1 is 1.45 bits per heavy atom. The molecule has 2 aliphatic rings.